The van der Waals surface area contributed by atoms with Crippen LogP contribution in [0.15, 0.2) is 53.0 Å². The molecule has 2 aliphatic rings. The SMILES string of the molecule is CCc1ccc([C@@H]2C(C#N)=C(N)N(c3cc([N+](=O)[O-])ccc3C)C3=C2C(=O)CCC3)s1. The van der Waals surface area contributed by atoms with Gasteiger partial charge in [-0.05, 0) is 43.9 Å². The number of ketones is 1. The van der Waals surface area contributed by atoms with Crippen molar-refractivity contribution in [2.45, 2.75) is 45.4 Å². The standard InChI is InChI=1S/C23H22N4O3S/c1-3-15-9-10-20(31-15)21-16(12-24)23(25)26(17-5-4-6-19(28)22(17)21)18-11-14(27(29)30)8-7-13(18)2/h7-11,21H,3-6,25H2,1-2H3/t21-/m0/s1. The number of anilines is 1. The van der Waals surface area contributed by atoms with E-state index in [1.165, 1.54) is 17.0 Å². The van der Waals surface area contributed by atoms with Crippen LogP contribution >= 0.6 is 11.3 Å². The van der Waals surface area contributed by atoms with Crippen LogP contribution < -0.4 is 10.6 Å². The molecule has 0 amide bonds. The zero-order valence-corrected chi connectivity index (χ0v) is 18.2. The average molecular weight is 435 g/mol. The topological polar surface area (TPSA) is 113 Å². The second-order valence-corrected chi connectivity index (χ2v) is 8.90. The van der Waals surface area contributed by atoms with E-state index in [0.29, 0.717) is 36.1 Å². The molecule has 2 heterocycles. The Labute approximate surface area is 184 Å². The number of nitrogens with zero attached hydrogens (tertiary/aromatic N) is 3. The van der Waals surface area contributed by atoms with Crippen molar-refractivity contribution in [2.75, 3.05) is 4.90 Å². The number of carbonyl (C=O) groups is 1. The number of nitriles is 1. The van der Waals surface area contributed by atoms with Crippen molar-refractivity contribution in [3.8, 4) is 6.07 Å². The van der Waals surface area contributed by atoms with Crippen molar-refractivity contribution in [1.82, 2.24) is 0 Å². The third kappa shape index (κ3) is 3.41. The Bertz CT molecular complexity index is 1200. The molecule has 7 nitrogen and oxygen atoms in total. The van der Waals surface area contributed by atoms with Crippen molar-refractivity contribution >= 4 is 28.5 Å². The van der Waals surface area contributed by atoms with E-state index in [0.717, 1.165) is 22.6 Å². The van der Waals surface area contributed by atoms with E-state index in [4.69, 9.17) is 5.73 Å². The fourth-order valence-corrected chi connectivity index (χ4v) is 5.41. The molecule has 1 aliphatic heterocycles. The van der Waals surface area contributed by atoms with Crippen LogP contribution in [0, 0.1) is 28.4 Å². The predicted molar refractivity (Wildman–Crippen MR) is 119 cm³/mol. The predicted octanol–water partition coefficient (Wildman–Crippen LogP) is 4.83. The Hall–Kier alpha value is -3.44. The molecule has 0 spiro atoms. The molecular formula is C23H22N4O3S. The van der Waals surface area contributed by atoms with Gasteiger partial charge in [-0.15, -0.1) is 11.3 Å². The highest BCUT2D eigenvalue weighted by Crippen LogP contribution is 2.48. The zero-order chi connectivity index (χ0) is 22.3. The molecular weight excluding hydrogens is 412 g/mol. The second-order valence-electron chi connectivity index (χ2n) is 7.70. The maximum Gasteiger partial charge on any atom is 0.271 e. The molecule has 2 aromatic rings. The van der Waals surface area contributed by atoms with Gasteiger partial charge in [-0.3, -0.25) is 19.8 Å². The summed E-state index contributed by atoms with van der Waals surface area (Å²) in [5.41, 5.74) is 9.43. The molecule has 1 atom stereocenters. The number of carbonyl (C=O) groups excluding carboxylic acids is 1. The van der Waals surface area contributed by atoms with Crippen LogP contribution in [0.4, 0.5) is 11.4 Å². The Morgan fingerprint density at radius 3 is 2.74 bits per heavy atom. The largest absolute Gasteiger partial charge is 0.384 e. The van der Waals surface area contributed by atoms with Crippen LogP contribution in [-0.2, 0) is 11.2 Å². The number of nitro benzene ring substituents is 1. The minimum atomic E-state index is -0.492. The third-order valence-corrected chi connectivity index (χ3v) is 7.17. The Kier molecular flexibility index (Phi) is 5.38. The summed E-state index contributed by atoms with van der Waals surface area (Å²) in [5.74, 6) is -0.254. The number of rotatable bonds is 4. The quantitative estimate of drug-likeness (QED) is 0.544. The molecule has 0 radical (unpaired) electrons. The van der Waals surface area contributed by atoms with Crippen molar-refractivity contribution in [1.29, 1.82) is 5.26 Å². The zero-order valence-electron chi connectivity index (χ0n) is 17.3. The third-order valence-electron chi connectivity index (χ3n) is 5.87. The van der Waals surface area contributed by atoms with Crippen LogP contribution in [0.3, 0.4) is 0 Å². The molecule has 8 heteroatoms. The summed E-state index contributed by atoms with van der Waals surface area (Å²) < 4.78 is 0. The number of nitro groups is 1. The van der Waals surface area contributed by atoms with Gasteiger partial charge in [-0.25, -0.2) is 0 Å². The molecule has 2 N–H and O–H groups in total. The molecule has 1 aromatic heterocycles. The lowest BCUT2D eigenvalue weighted by atomic mass is 9.78. The van der Waals surface area contributed by atoms with Crippen molar-refractivity contribution < 1.29 is 9.72 Å². The van der Waals surface area contributed by atoms with Gasteiger partial charge in [0.25, 0.3) is 5.69 Å². The lowest BCUT2D eigenvalue weighted by Crippen LogP contribution is -2.38. The lowest BCUT2D eigenvalue weighted by Gasteiger charge is -2.39. The molecule has 158 valence electrons. The van der Waals surface area contributed by atoms with E-state index in [2.05, 4.69) is 13.0 Å². The minimum Gasteiger partial charge on any atom is -0.384 e. The van der Waals surface area contributed by atoms with Gasteiger partial charge in [0.05, 0.1) is 28.2 Å². The van der Waals surface area contributed by atoms with Crippen LogP contribution in [0.1, 0.15) is 47.4 Å². The molecule has 31 heavy (non-hydrogen) atoms. The van der Waals surface area contributed by atoms with E-state index in [1.54, 1.807) is 22.3 Å². The van der Waals surface area contributed by atoms with Crippen molar-refractivity contribution in [3.63, 3.8) is 0 Å². The number of benzene rings is 1. The van der Waals surface area contributed by atoms with Crippen LogP contribution in [0.25, 0.3) is 0 Å². The number of non-ortho nitro benzene ring substituents is 1. The Morgan fingerprint density at radius 1 is 1.32 bits per heavy atom. The molecule has 0 fully saturated rings. The van der Waals surface area contributed by atoms with Gasteiger partial charge in [0.1, 0.15) is 5.82 Å². The van der Waals surface area contributed by atoms with E-state index in [-0.39, 0.29) is 17.3 Å². The highest BCUT2D eigenvalue weighted by molar-refractivity contribution is 7.12. The highest BCUT2D eigenvalue weighted by Gasteiger charge is 2.41. The lowest BCUT2D eigenvalue weighted by molar-refractivity contribution is -0.384. The van der Waals surface area contributed by atoms with Gasteiger partial charge in [0, 0.05) is 39.6 Å². The molecule has 4 rings (SSSR count). The maximum absolute atomic E-state index is 13.1. The number of aryl methyl sites for hydroxylation is 2. The van der Waals surface area contributed by atoms with Gasteiger partial charge in [0.15, 0.2) is 5.78 Å². The summed E-state index contributed by atoms with van der Waals surface area (Å²) in [4.78, 5) is 27.8. The van der Waals surface area contributed by atoms with Crippen molar-refractivity contribution in [2.24, 2.45) is 5.73 Å². The molecule has 0 saturated carbocycles. The summed E-state index contributed by atoms with van der Waals surface area (Å²) in [5, 5.41) is 21.4. The molecule has 0 unspecified atom stereocenters. The van der Waals surface area contributed by atoms with E-state index in [1.807, 2.05) is 19.1 Å². The fourth-order valence-electron chi connectivity index (χ4n) is 4.34. The van der Waals surface area contributed by atoms with Gasteiger partial charge >= 0.3 is 0 Å². The first-order valence-electron chi connectivity index (χ1n) is 10.2. The van der Waals surface area contributed by atoms with Crippen LogP contribution in [0.2, 0.25) is 0 Å². The van der Waals surface area contributed by atoms with E-state index < -0.39 is 10.8 Å². The van der Waals surface area contributed by atoms with E-state index >= 15 is 0 Å². The molecule has 0 saturated heterocycles. The van der Waals surface area contributed by atoms with Gasteiger partial charge in [-0.2, -0.15) is 5.26 Å². The maximum atomic E-state index is 13.1. The monoisotopic (exact) mass is 434 g/mol. The van der Waals surface area contributed by atoms with Crippen LogP contribution in [0.5, 0.6) is 0 Å². The van der Waals surface area contributed by atoms with Gasteiger partial charge in [0.2, 0.25) is 0 Å². The number of allylic oxidation sites excluding steroid dienone is 3. The smallest absolute Gasteiger partial charge is 0.271 e. The van der Waals surface area contributed by atoms with E-state index in [9.17, 15) is 20.2 Å². The second kappa shape index (κ2) is 8.00. The summed E-state index contributed by atoms with van der Waals surface area (Å²) in [6.07, 6.45) is 2.58. The summed E-state index contributed by atoms with van der Waals surface area (Å²) in [6.45, 7) is 3.90. The van der Waals surface area contributed by atoms with Gasteiger partial charge in [-0.1, -0.05) is 13.0 Å². The molecule has 0 bridgehead atoms. The fraction of sp³-hybridized carbons (Fsp3) is 0.304. The highest BCUT2D eigenvalue weighted by atomic mass is 32.1. The average Bonchev–Trinajstić information content (AvgIpc) is 3.22. The number of Topliss-reactive ketones (excluding diaryl/α,β-unsaturated/α-hetero) is 1. The molecule has 1 aliphatic carbocycles. The number of hydrogen-bond donors (Lipinski definition) is 1. The first-order chi connectivity index (χ1) is 14.9. The first kappa shape index (κ1) is 20.8. The van der Waals surface area contributed by atoms with Crippen molar-refractivity contribution in [3.05, 3.63) is 78.4 Å². The number of thiophene rings is 1. The van der Waals surface area contributed by atoms with Gasteiger partial charge < -0.3 is 5.73 Å². The molecule has 1 aromatic carbocycles. The number of nitrogens with two attached hydrogens (primary N) is 1. The Morgan fingerprint density at radius 2 is 2.10 bits per heavy atom. The summed E-state index contributed by atoms with van der Waals surface area (Å²) in [6, 6.07) is 10.8. The summed E-state index contributed by atoms with van der Waals surface area (Å²) >= 11 is 1.59. The Balaban J connectivity index is 1.98. The van der Waals surface area contributed by atoms with Crippen LogP contribution in [-0.4, -0.2) is 10.7 Å². The normalized spacial score (nSPS) is 18.8. The summed E-state index contributed by atoms with van der Waals surface area (Å²) in [7, 11) is 0. The minimum absolute atomic E-state index is 0.00559. The number of hydrogen-bond acceptors (Lipinski definition) is 7. The first-order valence-corrected chi connectivity index (χ1v) is 11.0.